The summed E-state index contributed by atoms with van der Waals surface area (Å²) in [6, 6.07) is 7.77. The molecule has 1 aromatic heterocycles. The number of fused-ring (bicyclic) bond motifs is 1. The van der Waals surface area contributed by atoms with Crippen molar-refractivity contribution in [3.05, 3.63) is 29.1 Å². The Morgan fingerprint density at radius 1 is 1.26 bits per heavy atom. The molecule has 2 atom stereocenters. The number of hydrogen-bond donors (Lipinski definition) is 2. The number of nitrogens with zero attached hydrogens (tertiary/aromatic N) is 1. The normalized spacial score (nSPS) is 20.7. The SMILES string of the molecule is CN(C)C(=O)c1cc2cc(NC(=O)C3CCC(N)C3)ccc2s1. The van der Waals surface area contributed by atoms with E-state index in [-0.39, 0.29) is 23.8 Å². The fourth-order valence-electron chi connectivity index (χ4n) is 2.95. The van der Waals surface area contributed by atoms with Crippen LogP contribution in [0, 0.1) is 5.92 Å². The molecule has 23 heavy (non-hydrogen) atoms. The molecule has 0 radical (unpaired) electrons. The molecule has 3 rings (SSSR count). The van der Waals surface area contributed by atoms with Crippen LogP contribution in [0.25, 0.3) is 10.1 Å². The maximum absolute atomic E-state index is 12.3. The number of hydrogen-bond acceptors (Lipinski definition) is 4. The number of nitrogens with one attached hydrogen (secondary N) is 1. The minimum absolute atomic E-state index is 0.00303. The molecule has 0 saturated heterocycles. The first-order valence-corrected chi connectivity index (χ1v) is 8.57. The maximum atomic E-state index is 12.3. The van der Waals surface area contributed by atoms with E-state index in [1.807, 2.05) is 24.3 Å². The molecule has 2 aromatic rings. The van der Waals surface area contributed by atoms with Crippen LogP contribution in [-0.2, 0) is 4.79 Å². The molecule has 122 valence electrons. The molecular weight excluding hydrogens is 310 g/mol. The molecule has 1 aromatic carbocycles. The average Bonchev–Trinajstić information content (AvgIpc) is 3.11. The van der Waals surface area contributed by atoms with Crippen LogP contribution in [0.2, 0.25) is 0 Å². The van der Waals surface area contributed by atoms with Gasteiger partial charge in [0.25, 0.3) is 5.91 Å². The number of carbonyl (C=O) groups excluding carboxylic acids is 2. The van der Waals surface area contributed by atoms with Crippen LogP contribution in [-0.4, -0.2) is 36.9 Å². The molecule has 0 aliphatic heterocycles. The van der Waals surface area contributed by atoms with Gasteiger partial charge in [0, 0.05) is 36.4 Å². The highest BCUT2D eigenvalue weighted by atomic mass is 32.1. The van der Waals surface area contributed by atoms with Gasteiger partial charge < -0.3 is 16.0 Å². The van der Waals surface area contributed by atoms with Crippen LogP contribution in [0.15, 0.2) is 24.3 Å². The Labute approximate surface area is 139 Å². The summed E-state index contributed by atoms with van der Waals surface area (Å²) >= 11 is 1.47. The Balaban J connectivity index is 1.77. The van der Waals surface area contributed by atoms with Crippen molar-refractivity contribution in [1.29, 1.82) is 0 Å². The topological polar surface area (TPSA) is 75.4 Å². The number of amides is 2. The lowest BCUT2D eigenvalue weighted by atomic mass is 10.1. The molecule has 5 nitrogen and oxygen atoms in total. The van der Waals surface area contributed by atoms with E-state index in [2.05, 4.69) is 5.32 Å². The summed E-state index contributed by atoms with van der Waals surface area (Å²) in [5.41, 5.74) is 6.64. The minimum atomic E-state index is -0.00303. The molecule has 2 amide bonds. The van der Waals surface area contributed by atoms with Gasteiger partial charge >= 0.3 is 0 Å². The van der Waals surface area contributed by atoms with Crippen molar-refractivity contribution in [2.45, 2.75) is 25.3 Å². The molecule has 3 N–H and O–H groups in total. The van der Waals surface area contributed by atoms with E-state index in [0.717, 1.165) is 35.0 Å². The lowest BCUT2D eigenvalue weighted by Crippen LogP contribution is -2.23. The first kappa shape index (κ1) is 16.0. The van der Waals surface area contributed by atoms with Gasteiger partial charge in [-0.2, -0.15) is 0 Å². The fraction of sp³-hybridized carbons (Fsp3) is 0.412. The molecule has 1 aliphatic carbocycles. The number of nitrogens with two attached hydrogens (primary N) is 1. The first-order valence-electron chi connectivity index (χ1n) is 7.75. The third-order valence-electron chi connectivity index (χ3n) is 4.24. The molecule has 0 spiro atoms. The van der Waals surface area contributed by atoms with Gasteiger partial charge in [-0.3, -0.25) is 9.59 Å². The molecule has 6 heteroatoms. The zero-order valence-electron chi connectivity index (χ0n) is 13.3. The zero-order valence-corrected chi connectivity index (χ0v) is 14.2. The lowest BCUT2D eigenvalue weighted by molar-refractivity contribution is -0.119. The van der Waals surface area contributed by atoms with E-state index in [0.29, 0.717) is 4.88 Å². The van der Waals surface area contributed by atoms with Crippen LogP contribution in [0.5, 0.6) is 0 Å². The van der Waals surface area contributed by atoms with E-state index in [4.69, 9.17) is 5.73 Å². The summed E-state index contributed by atoms with van der Waals surface area (Å²) in [5, 5.41) is 3.95. The summed E-state index contributed by atoms with van der Waals surface area (Å²) in [4.78, 5) is 26.6. The van der Waals surface area contributed by atoms with Gasteiger partial charge in [0.1, 0.15) is 0 Å². The summed E-state index contributed by atoms with van der Waals surface area (Å²) in [5.74, 6) is 0.0444. The molecule has 1 saturated carbocycles. The summed E-state index contributed by atoms with van der Waals surface area (Å²) in [6.45, 7) is 0. The average molecular weight is 331 g/mol. The molecule has 1 aliphatic rings. The van der Waals surface area contributed by atoms with E-state index in [1.165, 1.54) is 11.3 Å². The van der Waals surface area contributed by atoms with Gasteiger partial charge in [-0.1, -0.05) is 0 Å². The van der Waals surface area contributed by atoms with E-state index >= 15 is 0 Å². The predicted molar refractivity (Wildman–Crippen MR) is 93.8 cm³/mol. The van der Waals surface area contributed by atoms with E-state index in [9.17, 15) is 9.59 Å². The van der Waals surface area contributed by atoms with Crippen LogP contribution < -0.4 is 11.1 Å². The fourth-order valence-corrected chi connectivity index (χ4v) is 4.01. The minimum Gasteiger partial charge on any atom is -0.344 e. The highest BCUT2D eigenvalue weighted by Gasteiger charge is 2.27. The van der Waals surface area contributed by atoms with Crippen LogP contribution in [0.4, 0.5) is 5.69 Å². The number of benzene rings is 1. The number of carbonyl (C=O) groups is 2. The maximum Gasteiger partial charge on any atom is 0.263 e. The van der Waals surface area contributed by atoms with Gasteiger partial charge in [0.05, 0.1) is 4.88 Å². The van der Waals surface area contributed by atoms with Crippen molar-refractivity contribution >= 4 is 38.9 Å². The quantitative estimate of drug-likeness (QED) is 0.908. The van der Waals surface area contributed by atoms with Crippen molar-refractivity contribution < 1.29 is 9.59 Å². The summed E-state index contributed by atoms with van der Waals surface area (Å²) in [6.07, 6.45) is 2.53. The Kier molecular flexibility index (Phi) is 4.37. The van der Waals surface area contributed by atoms with Crippen molar-refractivity contribution in [1.82, 2.24) is 4.90 Å². The number of thiophene rings is 1. The predicted octanol–water partition coefficient (Wildman–Crippen LogP) is 2.67. The smallest absolute Gasteiger partial charge is 0.263 e. The second kappa shape index (κ2) is 6.29. The first-order chi connectivity index (χ1) is 10.9. The van der Waals surface area contributed by atoms with Gasteiger partial charge in [-0.15, -0.1) is 11.3 Å². The van der Waals surface area contributed by atoms with E-state index < -0.39 is 0 Å². The molecule has 2 unspecified atom stereocenters. The molecule has 1 fully saturated rings. The van der Waals surface area contributed by atoms with Gasteiger partial charge in [-0.25, -0.2) is 0 Å². The second-order valence-corrected chi connectivity index (χ2v) is 7.41. The summed E-state index contributed by atoms with van der Waals surface area (Å²) in [7, 11) is 3.48. The highest BCUT2D eigenvalue weighted by molar-refractivity contribution is 7.20. The number of anilines is 1. The second-order valence-electron chi connectivity index (χ2n) is 6.32. The van der Waals surface area contributed by atoms with Crippen LogP contribution in [0.3, 0.4) is 0 Å². The standard InChI is InChI=1S/C17H21N3O2S/c1-20(2)17(22)15-9-11-8-13(5-6-14(11)23-15)19-16(21)10-3-4-12(18)7-10/h5-6,8-10,12H,3-4,7,18H2,1-2H3,(H,19,21). The Bertz CT molecular complexity index is 753. The van der Waals surface area contributed by atoms with Crippen molar-refractivity contribution in [2.24, 2.45) is 11.7 Å². The zero-order chi connectivity index (χ0) is 16.6. The molecule has 0 bridgehead atoms. The van der Waals surface area contributed by atoms with Gasteiger partial charge in [0.15, 0.2) is 0 Å². The third-order valence-corrected chi connectivity index (χ3v) is 5.35. The van der Waals surface area contributed by atoms with Gasteiger partial charge in [0.2, 0.25) is 5.91 Å². The van der Waals surface area contributed by atoms with E-state index in [1.54, 1.807) is 19.0 Å². The lowest BCUT2D eigenvalue weighted by Gasteiger charge is -2.10. The number of rotatable bonds is 3. The summed E-state index contributed by atoms with van der Waals surface area (Å²) < 4.78 is 1.04. The van der Waals surface area contributed by atoms with Crippen LogP contribution in [0.1, 0.15) is 28.9 Å². The van der Waals surface area contributed by atoms with Crippen LogP contribution >= 0.6 is 11.3 Å². The highest BCUT2D eigenvalue weighted by Crippen LogP contribution is 2.30. The Hall–Kier alpha value is -1.92. The Morgan fingerprint density at radius 2 is 2.04 bits per heavy atom. The van der Waals surface area contributed by atoms with Gasteiger partial charge in [-0.05, 0) is 48.9 Å². The van der Waals surface area contributed by atoms with Crippen molar-refractivity contribution in [2.75, 3.05) is 19.4 Å². The molecule has 1 heterocycles. The van der Waals surface area contributed by atoms with Crippen molar-refractivity contribution in [3.8, 4) is 0 Å². The monoisotopic (exact) mass is 331 g/mol. The third kappa shape index (κ3) is 3.38. The largest absolute Gasteiger partial charge is 0.344 e. The Morgan fingerprint density at radius 3 is 2.70 bits per heavy atom. The molecular formula is C17H21N3O2S. The van der Waals surface area contributed by atoms with Crippen molar-refractivity contribution in [3.63, 3.8) is 0 Å².